The zero-order valence-corrected chi connectivity index (χ0v) is 18.8. The monoisotopic (exact) mass is 429 g/mol. The molecule has 166 valence electrons. The normalized spacial score (nSPS) is 15.3. The van der Waals surface area contributed by atoms with Crippen LogP contribution >= 0.6 is 0 Å². The third-order valence-electron chi connectivity index (χ3n) is 6.37. The number of aryl methyl sites for hydroxylation is 2. The highest BCUT2D eigenvalue weighted by molar-refractivity contribution is 5.96. The molecule has 0 aliphatic heterocycles. The van der Waals surface area contributed by atoms with Gasteiger partial charge in [0.05, 0.1) is 12.6 Å². The second-order valence-electron chi connectivity index (χ2n) is 8.82. The first-order valence-electron chi connectivity index (χ1n) is 11.5. The van der Waals surface area contributed by atoms with Crippen LogP contribution in [-0.2, 0) is 0 Å². The Hall–Kier alpha value is -3.05. The molecule has 2 aromatic carbocycles. The van der Waals surface area contributed by atoms with Crippen LogP contribution in [0.1, 0.15) is 76.9 Å². The summed E-state index contributed by atoms with van der Waals surface area (Å²) in [4.78, 5) is 21.6. The first kappa shape index (κ1) is 22.2. The quantitative estimate of drug-likeness (QED) is 0.560. The Morgan fingerprint density at radius 2 is 1.69 bits per heavy atom. The SMILES string of the molecule is Cc1ccc(-c2cc(C(=O)N[C@H](CO)c3cnc(C)nc3)cc(C3CCCCC3)c2)cc1. The van der Waals surface area contributed by atoms with E-state index < -0.39 is 6.04 Å². The standard InChI is InChI=1S/C27H31N3O2/c1-18-8-10-21(11-9-18)23-12-22(20-6-4-3-5-7-20)13-24(14-23)27(32)30-26(17-31)25-15-28-19(2)29-16-25/h8-16,20,26,31H,3-7,17H2,1-2H3,(H,30,32)/t26-/m1/s1. The maximum atomic E-state index is 13.3. The third kappa shape index (κ3) is 5.22. The van der Waals surface area contributed by atoms with Crippen molar-refractivity contribution < 1.29 is 9.90 Å². The molecule has 1 amide bonds. The number of aliphatic hydroxyl groups excluding tert-OH is 1. The molecular formula is C27H31N3O2. The number of hydrogen-bond acceptors (Lipinski definition) is 4. The number of hydrogen-bond donors (Lipinski definition) is 2. The molecule has 0 spiro atoms. The lowest BCUT2D eigenvalue weighted by Gasteiger charge is -2.24. The maximum absolute atomic E-state index is 13.3. The fourth-order valence-corrected chi connectivity index (χ4v) is 4.43. The zero-order valence-electron chi connectivity index (χ0n) is 18.8. The van der Waals surface area contributed by atoms with Crippen LogP contribution < -0.4 is 5.32 Å². The van der Waals surface area contributed by atoms with Crippen molar-refractivity contribution in [1.29, 1.82) is 0 Å². The van der Waals surface area contributed by atoms with E-state index in [-0.39, 0.29) is 12.5 Å². The van der Waals surface area contributed by atoms with Gasteiger partial charge in [-0.15, -0.1) is 0 Å². The smallest absolute Gasteiger partial charge is 0.251 e. The molecule has 1 aliphatic carbocycles. The number of nitrogens with zero attached hydrogens (tertiary/aromatic N) is 2. The molecule has 5 nitrogen and oxygen atoms in total. The average Bonchev–Trinajstić information content (AvgIpc) is 2.84. The van der Waals surface area contributed by atoms with Crippen molar-refractivity contribution in [3.63, 3.8) is 0 Å². The van der Waals surface area contributed by atoms with Crippen molar-refractivity contribution in [3.05, 3.63) is 82.9 Å². The lowest BCUT2D eigenvalue weighted by Crippen LogP contribution is -2.31. The third-order valence-corrected chi connectivity index (χ3v) is 6.37. The van der Waals surface area contributed by atoms with Gasteiger partial charge in [0.2, 0.25) is 0 Å². The average molecular weight is 430 g/mol. The Morgan fingerprint density at radius 3 is 2.34 bits per heavy atom. The second kappa shape index (κ2) is 10.0. The first-order chi connectivity index (χ1) is 15.5. The summed E-state index contributed by atoms with van der Waals surface area (Å²) in [6.07, 6.45) is 9.40. The molecule has 3 aromatic rings. The van der Waals surface area contributed by atoms with Gasteiger partial charge in [0, 0.05) is 23.5 Å². The van der Waals surface area contributed by atoms with E-state index >= 15 is 0 Å². The van der Waals surface area contributed by atoms with Gasteiger partial charge >= 0.3 is 0 Å². The highest BCUT2D eigenvalue weighted by atomic mass is 16.3. The molecule has 1 aromatic heterocycles. The predicted molar refractivity (Wildman–Crippen MR) is 127 cm³/mol. The molecule has 1 saturated carbocycles. The molecule has 0 saturated heterocycles. The van der Waals surface area contributed by atoms with E-state index in [1.54, 1.807) is 19.3 Å². The second-order valence-corrected chi connectivity index (χ2v) is 8.82. The van der Waals surface area contributed by atoms with Crippen molar-refractivity contribution in [1.82, 2.24) is 15.3 Å². The van der Waals surface area contributed by atoms with Crippen LogP contribution in [0.2, 0.25) is 0 Å². The largest absolute Gasteiger partial charge is 0.394 e. The number of benzene rings is 2. The number of aliphatic hydroxyl groups is 1. The van der Waals surface area contributed by atoms with Crippen LogP contribution in [-0.4, -0.2) is 27.6 Å². The predicted octanol–water partition coefficient (Wildman–Crippen LogP) is 5.27. The molecule has 4 rings (SSSR count). The van der Waals surface area contributed by atoms with Crippen molar-refractivity contribution in [2.75, 3.05) is 6.61 Å². The Labute approximate surface area is 189 Å². The van der Waals surface area contributed by atoms with Crippen LogP contribution in [0.25, 0.3) is 11.1 Å². The van der Waals surface area contributed by atoms with E-state index in [9.17, 15) is 9.90 Å². The van der Waals surface area contributed by atoms with E-state index in [1.165, 1.54) is 43.2 Å². The van der Waals surface area contributed by atoms with Gasteiger partial charge in [0.25, 0.3) is 5.91 Å². The van der Waals surface area contributed by atoms with Crippen molar-refractivity contribution in [3.8, 4) is 11.1 Å². The molecule has 1 atom stereocenters. The number of aromatic nitrogens is 2. The summed E-state index contributed by atoms with van der Waals surface area (Å²) in [5, 5.41) is 12.9. The van der Waals surface area contributed by atoms with Gasteiger partial charge in [-0.1, -0.05) is 55.2 Å². The zero-order chi connectivity index (χ0) is 22.5. The highest BCUT2D eigenvalue weighted by Crippen LogP contribution is 2.35. The molecule has 1 heterocycles. The van der Waals surface area contributed by atoms with Crippen molar-refractivity contribution in [2.24, 2.45) is 0 Å². The van der Waals surface area contributed by atoms with Gasteiger partial charge in [-0.05, 0) is 61.4 Å². The summed E-state index contributed by atoms with van der Waals surface area (Å²) >= 11 is 0. The van der Waals surface area contributed by atoms with Gasteiger partial charge < -0.3 is 10.4 Å². The van der Waals surface area contributed by atoms with E-state index in [0.717, 1.165) is 11.1 Å². The highest BCUT2D eigenvalue weighted by Gasteiger charge is 2.21. The Morgan fingerprint density at radius 1 is 1.00 bits per heavy atom. The number of amides is 1. The molecule has 2 N–H and O–H groups in total. The van der Waals surface area contributed by atoms with Gasteiger partial charge in [0.15, 0.2) is 0 Å². The lowest BCUT2D eigenvalue weighted by molar-refractivity contribution is 0.0916. The Kier molecular flexibility index (Phi) is 6.96. The summed E-state index contributed by atoms with van der Waals surface area (Å²) in [5.74, 6) is 0.940. The number of carbonyl (C=O) groups is 1. The number of nitrogens with one attached hydrogen (secondary N) is 1. The molecule has 0 unspecified atom stereocenters. The van der Waals surface area contributed by atoms with Crippen molar-refractivity contribution >= 4 is 5.91 Å². The summed E-state index contributed by atoms with van der Waals surface area (Å²) in [5.41, 5.74) is 5.91. The fraction of sp³-hybridized carbons (Fsp3) is 0.370. The maximum Gasteiger partial charge on any atom is 0.251 e. The Balaban J connectivity index is 1.66. The molecule has 32 heavy (non-hydrogen) atoms. The minimum Gasteiger partial charge on any atom is -0.394 e. The van der Waals surface area contributed by atoms with Crippen LogP contribution in [0, 0.1) is 13.8 Å². The molecule has 5 heteroatoms. The first-order valence-corrected chi connectivity index (χ1v) is 11.5. The van der Waals surface area contributed by atoms with Gasteiger partial charge in [-0.3, -0.25) is 4.79 Å². The minimum atomic E-state index is -0.552. The van der Waals surface area contributed by atoms with Crippen LogP contribution in [0.4, 0.5) is 0 Å². The van der Waals surface area contributed by atoms with E-state index in [0.29, 0.717) is 22.9 Å². The Bertz CT molecular complexity index is 1060. The molecule has 0 bridgehead atoms. The van der Waals surface area contributed by atoms with Gasteiger partial charge in [0.1, 0.15) is 5.82 Å². The van der Waals surface area contributed by atoms with Crippen molar-refractivity contribution in [2.45, 2.75) is 57.9 Å². The summed E-state index contributed by atoms with van der Waals surface area (Å²) in [6, 6.07) is 14.1. The summed E-state index contributed by atoms with van der Waals surface area (Å²) < 4.78 is 0. The number of rotatable bonds is 6. The molecule has 1 fully saturated rings. The van der Waals surface area contributed by atoms with Gasteiger partial charge in [-0.25, -0.2) is 9.97 Å². The van der Waals surface area contributed by atoms with E-state index in [4.69, 9.17) is 0 Å². The van der Waals surface area contributed by atoms with Crippen LogP contribution in [0.15, 0.2) is 54.9 Å². The van der Waals surface area contributed by atoms with Gasteiger partial charge in [-0.2, -0.15) is 0 Å². The molecular weight excluding hydrogens is 398 g/mol. The summed E-state index contributed by atoms with van der Waals surface area (Å²) in [7, 11) is 0. The van der Waals surface area contributed by atoms with Crippen LogP contribution in [0.5, 0.6) is 0 Å². The van der Waals surface area contributed by atoms with Crippen LogP contribution in [0.3, 0.4) is 0 Å². The molecule has 1 aliphatic rings. The lowest BCUT2D eigenvalue weighted by atomic mass is 9.82. The fourth-order valence-electron chi connectivity index (χ4n) is 4.43. The minimum absolute atomic E-state index is 0.198. The van der Waals surface area contributed by atoms with E-state index in [1.807, 2.05) is 12.1 Å². The topological polar surface area (TPSA) is 75.1 Å². The summed E-state index contributed by atoms with van der Waals surface area (Å²) in [6.45, 7) is 3.66. The number of carbonyl (C=O) groups excluding carboxylic acids is 1. The van der Waals surface area contributed by atoms with E-state index in [2.05, 4.69) is 52.5 Å². The molecule has 0 radical (unpaired) electrons.